The Hall–Kier alpha value is -2.45. The molecule has 6 nitrogen and oxygen atoms in total. The lowest BCUT2D eigenvalue weighted by molar-refractivity contribution is -0.115. The van der Waals surface area contributed by atoms with E-state index in [0.717, 1.165) is 11.4 Å². The summed E-state index contributed by atoms with van der Waals surface area (Å²) in [5.41, 5.74) is 2.17. The molecule has 8 heteroatoms. The highest BCUT2D eigenvalue weighted by Crippen LogP contribution is 2.27. The number of hydrogen-bond acceptors (Lipinski definition) is 6. The zero-order chi connectivity index (χ0) is 18.5. The van der Waals surface area contributed by atoms with Crippen LogP contribution in [0.15, 0.2) is 53.7 Å². The fourth-order valence-corrected chi connectivity index (χ4v) is 3.68. The molecular weight excluding hydrogens is 366 g/mol. The standard InChI is InChI=1S/C18H19N5OS2/c1-4-10-23-15(14-7-5-12(2)6-8-14)21-22-18(23)26-13(3)16(24)20-17-19-9-11-25-17/h4-9,11,13H,1,10H2,2-3H3,(H,19,20,24)/t13-/m0/s1. The van der Waals surface area contributed by atoms with E-state index in [9.17, 15) is 4.79 Å². The third-order valence-electron chi connectivity index (χ3n) is 3.65. The van der Waals surface area contributed by atoms with Gasteiger partial charge in [0.2, 0.25) is 5.91 Å². The van der Waals surface area contributed by atoms with Crippen molar-refractivity contribution in [2.45, 2.75) is 30.8 Å². The summed E-state index contributed by atoms with van der Waals surface area (Å²) in [7, 11) is 0. The third-order valence-corrected chi connectivity index (χ3v) is 5.42. The quantitative estimate of drug-likeness (QED) is 0.491. The van der Waals surface area contributed by atoms with E-state index in [1.54, 1.807) is 12.3 Å². The van der Waals surface area contributed by atoms with Gasteiger partial charge in [-0.1, -0.05) is 47.7 Å². The van der Waals surface area contributed by atoms with Gasteiger partial charge in [0.15, 0.2) is 16.1 Å². The lowest BCUT2D eigenvalue weighted by Crippen LogP contribution is -2.22. The van der Waals surface area contributed by atoms with Crippen molar-refractivity contribution in [2.24, 2.45) is 0 Å². The number of carbonyl (C=O) groups excluding carboxylic acids is 1. The van der Waals surface area contributed by atoms with Crippen LogP contribution in [0.3, 0.4) is 0 Å². The van der Waals surface area contributed by atoms with Gasteiger partial charge in [-0.05, 0) is 13.8 Å². The number of anilines is 1. The summed E-state index contributed by atoms with van der Waals surface area (Å²) in [6.07, 6.45) is 3.46. The van der Waals surface area contributed by atoms with Crippen LogP contribution in [0.25, 0.3) is 11.4 Å². The third kappa shape index (κ3) is 4.20. The summed E-state index contributed by atoms with van der Waals surface area (Å²) in [5.74, 6) is 0.648. The molecule has 0 spiro atoms. The highest BCUT2D eigenvalue weighted by Gasteiger charge is 2.21. The summed E-state index contributed by atoms with van der Waals surface area (Å²) in [4.78, 5) is 16.4. The van der Waals surface area contributed by atoms with Crippen molar-refractivity contribution in [1.29, 1.82) is 0 Å². The summed E-state index contributed by atoms with van der Waals surface area (Å²) in [6.45, 7) is 8.27. The minimum Gasteiger partial charge on any atom is -0.301 e. The number of aromatic nitrogens is 4. The van der Waals surface area contributed by atoms with E-state index in [-0.39, 0.29) is 11.2 Å². The number of thioether (sulfide) groups is 1. The van der Waals surface area contributed by atoms with Gasteiger partial charge in [-0.15, -0.1) is 28.1 Å². The Balaban J connectivity index is 1.79. The van der Waals surface area contributed by atoms with Crippen LogP contribution in [0, 0.1) is 6.92 Å². The number of nitrogens with zero attached hydrogens (tertiary/aromatic N) is 4. The molecule has 0 aliphatic heterocycles. The van der Waals surface area contributed by atoms with Crippen molar-refractivity contribution in [3.8, 4) is 11.4 Å². The maximum atomic E-state index is 12.4. The van der Waals surface area contributed by atoms with Crippen LogP contribution in [0.4, 0.5) is 5.13 Å². The monoisotopic (exact) mass is 385 g/mol. The molecule has 1 amide bonds. The van der Waals surface area contributed by atoms with Crippen LogP contribution in [-0.4, -0.2) is 30.9 Å². The van der Waals surface area contributed by atoms with E-state index in [1.807, 2.05) is 48.1 Å². The summed E-state index contributed by atoms with van der Waals surface area (Å²) >= 11 is 2.76. The summed E-state index contributed by atoms with van der Waals surface area (Å²) in [5, 5.41) is 14.2. The van der Waals surface area contributed by atoms with Crippen LogP contribution < -0.4 is 5.32 Å². The topological polar surface area (TPSA) is 72.7 Å². The number of amides is 1. The van der Waals surface area contributed by atoms with E-state index in [2.05, 4.69) is 27.1 Å². The number of aryl methyl sites for hydroxylation is 1. The maximum Gasteiger partial charge on any atom is 0.239 e. The van der Waals surface area contributed by atoms with E-state index in [1.165, 1.54) is 28.7 Å². The molecule has 3 rings (SSSR count). The zero-order valence-electron chi connectivity index (χ0n) is 14.5. The Morgan fingerprint density at radius 1 is 1.38 bits per heavy atom. The predicted octanol–water partition coefficient (Wildman–Crippen LogP) is 4.02. The van der Waals surface area contributed by atoms with Gasteiger partial charge in [0, 0.05) is 23.7 Å². The minimum absolute atomic E-state index is 0.116. The smallest absolute Gasteiger partial charge is 0.239 e. The van der Waals surface area contributed by atoms with E-state index < -0.39 is 0 Å². The molecule has 1 N–H and O–H groups in total. The number of thiazole rings is 1. The van der Waals surface area contributed by atoms with Gasteiger partial charge in [0.05, 0.1) is 5.25 Å². The van der Waals surface area contributed by atoms with Gasteiger partial charge < -0.3 is 5.32 Å². The van der Waals surface area contributed by atoms with Crippen molar-refractivity contribution in [3.05, 3.63) is 54.1 Å². The Bertz CT molecular complexity index is 887. The molecule has 0 fully saturated rings. The maximum absolute atomic E-state index is 12.4. The Morgan fingerprint density at radius 3 is 2.81 bits per heavy atom. The first-order valence-electron chi connectivity index (χ1n) is 8.06. The molecule has 1 aromatic carbocycles. The molecule has 0 aliphatic rings. The Labute approximate surface area is 160 Å². The number of benzene rings is 1. The number of nitrogens with one attached hydrogen (secondary N) is 1. The van der Waals surface area contributed by atoms with E-state index >= 15 is 0 Å². The van der Waals surface area contributed by atoms with Crippen LogP contribution in [-0.2, 0) is 11.3 Å². The minimum atomic E-state index is -0.336. The number of hydrogen-bond donors (Lipinski definition) is 1. The Morgan fingerprint density at radius 2 is 2.15 bits per heavy atom. The van der Waals surface area contributed by atoms with Crippen LogP contribution >= 0.6 is 23.1 Å². The van der Waals surface area contributed by atoms with Gasteiger partial charge in [-0.25, -0.2) is 4.98 Å². The first-order valence-corrected chi connectivity index (χ1v) is 9.82. The predicted molar refractivity (Wildman–Crippen MR) is 106 cm³/mol. The average molecular weight is 386 g/mol. The number of rotatable bonds is 7. The first-order chi connectivity index (χ1) is 12.6. The molecular formula is C18H19N5OS2. The second kappa shape index (κ2) is 8.29. The largest absolute Gasteiger partial charge is 0.301 e. The molecule has 0 unspecified atom stereocenters. The lowest BCUT2D eigenvalue weighted by Gasteiger charge is -2.12. The van der Waals surface area contributed by atoms with Crippen molar-refractivity contribution < 1.29 is 4.79 Å². The lowest BCUT2D eigenvalue weighted by atomic mass is 10.1. The van der Waals surface area contributed by atoms with Crippen LogP contribution in [0.5, 0.6) is 0 Å². The normalized spacial score (nSPS) is 11.9. The summed E-state index contributed by atoms with van der Waals surface area (Å²) < 4.78 is 1.97. The van der Waals surface area contributed by atoms with E-state index in [4.69, 9.17) is 0 Å². The number of allylic oxidation sites excluding steroid dienone is 1. The van der Waals surface area contributed by atoms with E-state index in [0.29, 0.717) is 16.8 Å². The molecule has 2 aromatic heterocycles. The van der Waals surface area contributed by atoms with Crippen LogP contribution in [0.1, 0.15) is 12.5 Å². The Kier molecular flexibility index (Phi) is 5.85. The van der Waals surface area contributed by atoms with Gasteiger partial charge in [-0.2, -0.15) is 0 Å². The molecule has 0 bridgehead atoms. The molecule has 0 saturated carbocycles. The molecule has 0 radical (unpaired) electrons. The molecule has 0 saturated heterocycles. The zero-order valence-corrected chi connectivity index (χ0v) is 16.2. The molecule has 3 aromatic rings. The first kappa shape index (κ1) is 18.3. The van der Waals surface area contributed by atoms with Crippen molar-refractivity contribution in [3.63, 3.8) is 0 Å². The SMILES string of the molecule is C=CCn1c(S[C@@H](C)C(=O)Nc2nccs2)nnc1-c1ccc(C)cc1. The van der Waals surface area contributed by atoms with Gasteiger partial charge in [0.25, 0.3) is 0 Å². The fourth-order valence-electron chi connectivity index (χ4n) is 2.29. The molecule has 26 heavy (non-hydrogen) atoms. The van der Waals surface area contributed by atoms with Crippen molar-refractivity contribution in [1.82, 2.24) is 19.7 Å². The fraction of sp³-hybridized carbons (Fsp3) is 0.222. The van der Waals surface area contributed by atoms with Gasteiger partial charge in [0.1, 0.15) is 0 Å². The summed E-state index contributed by atoms with van der Waals surface area (Å²) in [6, 6.07) is 8.12. The molecule has 2 heterocycles. The average Bonchev–Trinajstić information content (AvgIpc) is 3.27. The van der Waals surface area contributed by atoms with Crippen molar-refractivity contribution >= 4 is 34.1 Å². The second-order valence-electron chi connectivity index (χ2n) is 5.66. The highest BCUT2D eigenvalue weighted by molar-refractivity contribution is 8.00. The molecule has 1 atom stereocenters. The number of carbonyl (C=O) groups is 1. The van der Waals surface area contributed by atoms with Gasteiger partial charge >= 0.3 is 0 Å². The van der Waals surface area contributed by atoms with Crippen molar-refractivity contribution in [2.75, 3.05) is 5.32 Å². The highest BCUT2D eigenvalue weighted by atomic mass is 32.2. The second-order valence-corrected chi connectivity index (χ2v) is 7.86. The molecule has 0 aliphatic carbocycles. The van der Waals surface area contributed by atoms with Gasteiger partial charge in [-0.3, -0.25) is 9.36 Å². The van der Waals surface area contributed by atoms with Crippen LogP contribution in [0.2, 0.25) is 0 Å². The molecule has 134 valence electrons.